The zero-order valence-electron chi connectivity index (χ0n) is 10.8. The molecule has 0 spiro atoms. The Morgan fingerprint density at radius 2 is 2.00 bits per heavy atom. The van der Waals surface area contributed by atoms with Crippen LogP contribution in [0.15, 0.2) is 18.2 Å². The van der Waals surface area contributed by atoms with Gasteiger partial charge in [0.15, 0.2) is 0 Å². The lowest BCUT2D eigenvalue weighted by Gasteiger charge is -2.12. The summed E-state index contributed by atoms with van der Waals surface area (Å²) in [5.41, 5.74) is 1.54. The quantitative estimate of drug-likeness (QED) is 0.851. The number of rotatable bonds is 5. The number of hydrogen-bond donors (Lipinski definition) is 2. The van der Waals surface area contributed by atoms with Crippen molar-refractivity contribution < 1.29 is 13.2 Å². The zero-order chi connectivity index (χ0) is 13.8. The first-order valence-corrected chi connectivity index (χ1v) is 7.60. The minimum Gasteiger partial charge on any atom is -0.352 e. The van der Waals surface area contributed by atoms with E-state index in [4.69, 9.17) is 0 Å². The number of hydrogen-bond acceptors (Lipinski definition) is 3. The van der Waals surface area contributed by atoms with Gasteiger partial charge in [0.1, 0.15) is 0 Å². The first-order valence-electron chi connectivity index (χ1n) is 5.70. The highest BCUT2D eigenvalue weighted by Crippen LogP contribution is 2.19. The number of carbonyl (C=O) groups excluding carboxylic acids is 1. The number of sulfonamides is 1. The Bertz CT molecular complexity index is 538. The van der Waals surface area contributed by atoms with Crippen molar-refractivity contribution in [1.82, 2.24) is 5.32 Å². The van der Waals surface area contributed by atoms with Crippen molar-refractivity contribution in [3.05, 3.63) is 29.3 Å². The second-order valence-electron chi connectivity index (χ2n) is 4.11. The Morgan fingerprint density at radius 1 is 1.33 bits per heavy atom. The van der Waals surface area contributed by atoms with Crippen LogP contribution in [0.4, 0.5) is 5.69 Å². The molecular formula is C12H18N2O3S. The zero-order valence-corrected chi connectivity index (χ0v) is 11.6. The van der Waals surface area contributed by atoms with Gasteiger partial charge in [0.25, 0.3) is 5.91 Å². The number of benzene rings is 1. The Hall–Kier alpha value is -1.56. The van der Waals surface area contributed by atoms with Gasteiger partial charge in [-0.2, -0.15) is 0 Å². The summed E-state index contributed by atoms with van der Waals surface area (Å²) >= 11 is 0. The van der Waals surface area contributed by atoms with Gasteiger partial charge in [0.2, 0.25) is 10.0 Å². The molecule has 0 saturated carbocycles. The van der Waals surface area contributed by atoms with Crippen LogP contribution in [0.3, 0.4) is 0 Å². The van der Waals surface area contributed by atoms with E-state index >= 15 is 0 Å². The van der Waals surface area contributed by atoms with E-state index in [0.29, 0.717) is 23.4 Å². The Labute approximate surface area is 108 Å². The Morgan fingerprint density at radius 3 is 2.56 bits per heavy atom. The molecule has 18 heavy (non-hydrogen) atoms. The van der Waals surface area contributed by atoms with Crippen molar-refractivity contribution in [3.8, 4) is 0 Å². The molecule has 6 heteroatoms. The van der Waals surface area contributed by atoms with Gasteiger partial charge < -0.3 is 5.32 Å². The molecule has 1 aromatic carbocycles. The van der Waals surface area contributed by atoms with E-state index in [1.807, 2.05) is 6.92 Å². The van der Waals surface area contributed by atoms with Crippen LogP contribution in [-0.4, -0.2) is 27.1 Å². The first kappa shape index (κ1) is 14.5. The van der Waals surface area contributed by atoms with Crippen LogP contribution in [0.5, 0.6) is 0 Å². The van der Waals surface area contributed by atoms with Gasteiger partial charge in [-0.05, 0) is 31.0 Å². The summed E-state index contributed by atoms with van der Waals surface area (Å²) in [5, 5.41) is 2.76. The monoisotopic (exact) mass is 270 g/mol. The molecule has 1 amide bonds. The fraction of sp³-hybridized carbons (Fsp3) is 0.417. The molecule has 1 aromatic rings. The number of amides is 1. The Balaban J connectivity index is 3.02. The maximum Gasteiger partial charge on any atom is 0.251 e. The van der Waals surface area contributed by atoms with Gasteiger partial charge in [-0.3, -0.25) is 9.52 Å². The minimum absolute atomic E-state index is 0.188. The number of nitrogens with one attached hydrogen (secondary N) is 2. The second kappa shape index (κ2) is 5.86. The summed E-state index contributed by atoms with van der Waals surface area (Å²) in [5.74, 6) is -0.188. The predicted molar refractivity (Wildman–Crippen MR) is 72.3 cm³/mol. The van der Waals surface area contributed by atoms with Gasteiger partial charge in [-0.1, -0.05) is 13.0 Å². The van der Waals surface area contributed by atoms with Gasteiger partial charge in [0.05, 0.1) is 11.9 Å². The highest BCUT2D eigenvalue weighted by molar-refractivity contribution is 7.92. The summed E-state index contributed by atoms with van der Waals surface area (Å²) < 4.78 is 24.8. The maximum atomic E-state index is 11.9. The molecule has 0 aliphatic rings. The van der Waals surface area contributed by atoms with Crippen molar-refractivity contribution in [2.75, 3.05) is 17.5 Å². The molecule has 2 N–H and O–H groups in total. The molecule has 0 fully saturated rings. The van der Waals surface area contributed by atoms with Gasteiger partial charge in [0, 0.05) is 12.1 Å². The summed E-state index contributed by atoms with van der Waals surface area (Å²) in [7, 11) is -3.34. The third-order valence-corrected chi connectivity index (χ3v) is 3.00. The van der Waals surface area contributed by atoms with Crippen molar-refractivity contribution in [1.29, 1.82) is 0 Å². The van der Waals surface area contributed by atoms with Gasteiger partial charge in [-0.25, -0.2) is 8.42 Å². The molecule has 0 aliphatic carbocycles. The lowest BCUT2D eigenvalue weighted by atomic mass is 10.1. The molecular weight excluding hydrogens is 252 g/mol. The van der Waals surface area contributed by atoms with E-state index in [1.54, 1.807) is 25.1 Å². The minimum atomic E-state index is -3.34. The molecule has 0 unspecified atom stereocenters. The van der Waals surface area contributed by atoms with Crippen molar-refractivity contribution in [2.24, 2.45) is 0 Å². The van der Waals surface area contributed by atoms with Gasteiger partial charge in [-0.15, -0.1) is 0 Å². The fourth-order valence-corrected chi connectivity index (χ4v) is 2.15. The summed E-state index contributed by atoms with van der Waals surface area (Å²) in [4.78, 5) is 11.9. The second-order valence-corrected chi connectivity index (χ2v) is 5.86. The largest absolute Gasteiger partial charge is 0.352 e. The maximum absolute atomic E-state index is 11.9. The molecule has 0 aromatic heterocycles. The summed E-state index contributed by atoms with van der Waals surface area (Å²) in [6, 6.07) is 4.96. The normalized spacial score (nSPS) is 11.1. The molecule has 0 heterocycles. The molecule has 0 bridgehead atoms. The highest BCUT2D eigenvalue weighted by Gasteiger charge is 2.12. The molecule has 0 saturated heterocycles. The third-order valence-electron chi connectivity index (χ3n) is 2.41. The summed E-state index contributed by atoms with van der Waals surface area (Å²) in [6.07, 6.45) is 1.93. The smallest absolute Gasteiger partial charge is 0.251 e. The molecule has 0 aliphatic heterocycles. The summed E-state index contributed by atoms with van der Waals surface area (Å²) in [6.45, 7) is 4.28. The standard InChI is InChI=1S/C12H18N2O3S/c1-4-8-13-12(15)10-6-5-7-11(9(10)2)14-18(3,16)17/h5-7,14H,4,8H2,1-3H3,(H,13,15). The van der Waals surface area contributed by atoms with Crippen molar-refractivity contribution in [3.63, 3.8) is 0 Å². The molecule has 100 valence electrons. The average molecular weight is 270 g/mol. The first-order chi connectivity index (χ1) is 8.35. The van der Waals surface area contributed by atoms with E-state index < -0.39 is 10.0 Å². The van der Waals surface area contributed by atoms with E-state index in [2.05, 4.69) is 10.0 Å². The van der Waals surface area contributed by atoms with E-state index in [-0.39, 0.29) is 5.91 Å². The van der Waals surface area contributed by atoms with Crippen LogP contribution in [-0.2, 0) is 10.0 Å². The van der Waals surface area contributed by atoms with Crippen LogP contribution in [0.1, 0.15) is 29.3 Å². The molecule has 1 rings (SSSR count). The predicted octanol–water partition coefficient (Wildman–Crippen LogP) is 1.51. The van der Waals surface area contributed by atoms with Crippen molar-refractivity contribution in [2.45, 2.75) is 20.3 Å². The van der Waals surface area contributed by atoms with Crippen LogP contribution in [0, 0.1) is 6.92 Å². The number of anilines is 1. The lowest BCUT2D eigenvalue weighted by Crippen LogP contribution is -2.25. The third kappa shape index (κ3) is 4.03. The van der Waals surface area contributed by atoms with Gasteiger partial charge >= 0.3 is 0 Å². The SMILES string of the molecule is CCCNC(=O)c1cccc(NS(C)(=O)=O)c1C. The molecule has 0 atom stereocenters. The van der Waals surface area contributed by atoms with Crippen LogP contribution >= 0.6 is 0 Å². The van der Waals surface area contributed by atoms with E-state index in [0.717, 1.165) is 12.7 Å². The van der Waals surface area contributed by atoms with Crippen LogP contribution in [0.25, 0.3) is 0 Å². The average Bonchev–Trinajstić information content (AvgIpc) is 2.27. The van der Waals surface area contributed by atoms with Crippen molar-refractivity contribution >= 4 is 21.6 Å². The number of carbonyl (C=O) groups is 1. The topological polar surface area (TPSA) is 75.3 Å². The molecule has 5 nitrogen and oxygen atoms in total. The molecule has 0 radical (unpaired) electrons. The fourth-order valence-electron chi connectivity index (χ4n) is 1.53. The van der Waals surface area contributed by atoms with E-state index in [9.17, 15) is 13.2 Å². The Kier molecular flexibility index (Phi) is 4.72. The van der Waals surface area contributed by atoms with Crippen LogP contribution in [0.2, 0.25) is 0 Å². The highest BCUT2D eigenvalue weighted by atomic mass is 32.2. The van der Waals surface area contributed by atoms with Crippen LogP contribution < -0.4 is 10.0 Å². The lowest BCUT2D eigenvalue weighted by molar-refractivity contribution is 0.0953. The van der Waals surface area contributed by atoms with E-state index in [1.165, 1.54) is 0 Å².